The number of nitrogens with zero attached hydrogens (tertiary/aromatic N) is 2. The zero-order valence-electron chi connectivity index (χ0n) is 14.4. The standard InChI is InChI=1S/C20H21FN2O3/c21-17-9-7-16(8-10-17)15-19(24)22-11-4-12-23(14-13-22)20(25)26-18-5-2-1-3-6-18/h1-3,5-10H,4,11-15H2. The smallest absolute Gasteiger partial charge is 0.410 e. The van der Waals surface area contributed by atoms with E-state index >= 15 is 0 Å². The predicted octanol–water partition coefficient (Wildman–Crippen LogP) is 3.10. The van der Waals surface area contributed by atoms with Gasteiger partial charge in [0.25, 0.3) is 0 Å². The molecule has 136 valence electrons. The third-order valence-electron chi connectivity index (χ3n) is 4.32. The van der Waals surface area contributed by atoms with Crippen LogP contribution in [-0.4, -0.2) is 48.0 Å². The van der Waals surface area contributed by atoms with Crippen molar-refractivity contribution in [1.82, 2.24) is 9.80 Å². The average molecular weight is 356 g/mol. The van der Waals surface area contributed by atoms with E-state index in [1.165, 1.54) is 12.1 Å². The molecule has 0 N–H and O–H groups in total. The molecule has 2 amide bonds. The van der Waals surface area contributed by atoms with E-state index in [9.17, 15) is 14.0 Å². The molecule has 0 bridgehead atoms. The van der Waals surface area contributed by atoms with Gasteiger partial charge in [0, 0.05) is 26.2 Å². The van der Waals surface area contributed by atoms with Crippen LogP contribution in [0.3, 0.4) is 0 Å². The lowest BCUT2D eigenvalue weighted by atomic mass is 10.1. The normalized spacial score (nSPS) is 14.7. The fourth-order valence-corrected chi connectivity index (χ4v) is 2.89. The second kappa shape index (κ2) is 8.47. The summed E-state index contributed by atoms with van der Waals surface area (Å²) < 4.78 is 18.3. The van der Waals surface area contributed by atoms with E-state index in [2.05, 4.69) is 0 Å². The molecular weight excluding hydrogens is 335 g/mol. The third kappa shape index (κ3) is 4.81. The highest BCUT2D eigenvalue weighted by Gasteiger charge is 2.23. The molecule has 0 aliphatic carbocycles. The number of hydrogen-bond donors (Lipinski definition) is 0. The molecule has 2 aromatic rings. The molecule has 2 aromatic carbocycles. The molecule has 0 radical (unpaired) electrons. The maximum absolute atomic E-state index is 13.0. The first-order chi connectivity index (χ1) is 12.6. The van der Waals surface area contributed by atoms with Crippen LogP contribution in [0.25, 0.3) is 0 Å². The van der Waals surface area contributed by atoms with Crippen molar-refractivity contribution >= 4 is 12.0 Å². The largest absolute Gasteiger partial charge is 0.415 e. The van der Waals surface area contributed by atoms with Gasteiger partial charge in [-0.2, -0.15) is 0 Å². The van der Waals surface area contributed by atoms with Crippen LogP contribution in [0.15, 0.2) is 54.6 Å². The minimum Gasteiger partial charge on any atom is -0.410 e. The number of halogens is 1. The molecule has 1 aliphatic heterocycles. The molecule has 1 heterocycles. The first kappa shape index (κ1) is 17.9. The Hall–Kier alpha value is -2.89. The summed E-state index contributed by atoms with van der Waals surface area (Å²) in [6, 6.07) is 14.9. The van der Waals surface area contributed by atoms with Gasteiger partial charge in [-0.25, -0.2) is 9.18 Å². The Kier molecular flexibility index (Phi) is 5.84. The summed E-state index contributed by atoms with van der Waals surface area (Å²) in [5, 5.41) is 0. The summed E-state index contributed by atoms with van der Waals surface area (Å²) in [4.78, 5) is 28.1. The van der Waals surface area contributed by atoms with E-state index in [1.807, 2.05) is 6.07 Å². The highest BCUT2D eigenvalue weighted by Crippen LogP contribution is 2.13. The van der Waals surface area contributed by atoms with E-state index < -0.39 is 6.09 Å². The lowest BCUT2D eigenvalue weighted by Crippen LogP contribution is -2.39. The molecule has 1 fully saturated rings. The molecule has 3 rings (SSSR count). The minimum absolute atomic E-state index is 0.0186. The summed E-state index contributed by atoms with van der Waals surface area (Å²) in [7, 11) is 0. The number of para-hydroxylation sites is 1. The molecule has 0 aromatic heterocycles. The van der Waals surface area contributed by atoms with Crippen LogP contribution in [0, 0.1) is 5.82 Å². The van der Waals surface area contributed by atoms with E-state index in [0.29, 0.717) is 38.3 Å². The maximum atomic E-state index is 13.0. The second-order valence-corrected chi connectivity index (χ2v) is 6.21. The Labute approximate surface area is 152 Å². The summed E-state index contributed by atoms with van der Waals surface area (Å²) in [6.45, 7) is 2.03. The van der Waals surface area contributed by atoms with Crippen molar-refractivity contribution < 1.29 is 18.7 Å². The monoisotopic (exact) mass is 356 g/mol. The molecule has 5 nitrogen and oxygen atoms in total. The van der Waals surface area contributed by atoms with E-state index in [1.54, 1.807) is 46.2 Å². The summed E-state index contributed by atoms with van der Waals surface area (Å²) in [6.07, 6.45) is 0.525. The van der Waals surface area contributed by atoms with Gasteiger partial charge in [0.1, 0.15) is 11.6 Å². The molecular formula is C20H21FN2O3. The van der Waals surface area contributed by atoms with Crippen molar-refractivity contribution in [2.45, 2.75) is 12.8 Å². The van der Waals surface area contributed by atoms with Gasteiger partial charge in [0.15, 0.2) is 0 Å². The molecule has 1 saturated heterocycles. The van der Waals surface area contributed by atoms with Gasteiger partial charge in [-0.15, -0.1) is 0 Å². The summed E-state index contributed by atoms with van der Waals surface area (Å²) in [5.74, 6) is 0.171. The quantitative estimate of drug-likeness (QED) is 0.849. The van der Waals surface area contributed by atoms with Crippen LogP contribution < -0.4 is 4.74 Å². The number of benzene rings is 2. The fourth-order valence-electron chi connectivity index (χ4n) is 2.89. The fraction of sp³-hybridized carbons (Fsp3) is 0.300. The van der Waals surface area contributed by atoms with Gasteiger partial charge >= 0.3 is 6.09 Å². The Balaban J connectivity index is 1.53. The highest BCUT2D eigenvalue weighted by atomic mass is 19.1. The number of amides is 2. The maximum Gasteiger partial charge on any atom is 0.415 e. The van der Waals surface area contributed by atoms with Crippen molar-refractivity contribution in [1.29, 1.82) is 0 Å². The molecule has 0 saturated carbocycles. The van der Waals surface area contributed by atoms with Gasteiger partial charge in [0.2, 0.25) is 5.91 Å². The number of ether oxygens (including phenoxy) is 1. The molecule has 0 unspecified atom stereocenters. The summed E-state index contributed by atoms with van der Waals surface area (Å²) in [5.41, 5.74) is 0.779. The highest BCUT2D eigenvalue weighted by molar-refractivity contribution is 5.79. The lowest BCUT2D eigenvalue weighted by Gasteiger charge is -2.22. The first-order valence-electron chi connectivity index (χ1n) is 8.66. The number of hydrogen-bond acceptors (Lipinski definition) is 3. The van der Waals surface area contributed by atoms with E-state index in [0.717, 1.165) is 5.56 Å². The van der Waals surface area contributed by atoms with Gasteiger partial charge < -0.3 is 14.5 Å². The van der Waals surface area contributed by atoms with E-state index in [-0.39, 0.29) is 18.1 Å². The van der Waals surface area contributed by atoms with Gasteiger partial charge in [0.05, 0.1) is 6.42 Å². The molecule has 0 atom stereocenters. The van der Waals surface area contributed by atoms with Gasteiger partial charge in [-0.1, -0.05) is 30.3 Å². The van der Waals surface area contributed by atoms with Crippen LogP contribution in [0.1, 0.15) is 12.0 Å². The van der Waals surface area contributed by atoms with Crippen LogP contribution >= 0.6 is 0 Å². The second-order valence-electron chi connectivity index (χ2n) is 6.21. The van der Waals surface area contributed by atoms with Crippen LogP contribution in [0.5, 0.6) is 5.75 Å². The van der Waals surface area contributed by atoms with Crippen molar-refractivity contribution in [3.05, 3.63) is 66.0 Å². The lowest BCUT2D eigenvalue weighted by molar-refractivity contribution is -0.130. The number of carbonyl (C=O) groups excluding carboxylic acids is 2. The molecule has 6 heteroatoms. The number of carbonyl (C=O) groups is 2. The Morgan fingerprint density at radius 3 is 2.27 bits per heavy atom. The van der Waals surface area contributed by atoms with Crippen molar-refractivity contribution in [3.8, 4) is 5.75 Å². The topological polar surface area (TPSA) is 49.9 Å². The molecule has 1 aliphatic rings. The zero-order valence-corrected chi connectivity index (χ0v) is 14.4. The van der Waals surface area contributed by atoms with Crippen molar-refractivity contribution in [2.24, 2.45) is 0 Å². The minimum atomic E-state index is -0.399. The van der Waals surface area contributed by atoms with Gasteiger partial charge in [-0.3, -0.25) is 4.79 Å². The van der Waals surface area contributed by atoms with Crippen LogP contribution in [0.2, 0.25) is 0 Å². The Morgan fingerprint density at radius 1 is 0.885 bits per heavy atom. The van der Waals surface area contributed by atoms with Crippen molar-refractivity contribution in [2.75, 3.05) is 26.2 Å². The average Bonchev–Trinajstić information content (AvgIpc) is 2.91. The predicted molar refractivity (Wildman–Crippen MR) is 95.3 cm³/mol. The van der Waals surface area contributed by atoms with Crippen molar-refractivity contribution in [3.63, 3.8) is 0 Å². The third-order valence-corrected chi connectivity index (χ3v) is 4.32. The Morgan fingerprint density at radius 2 is 1.54 bits per heavy atom. The molecule has 0 spiro atoms. The Bertz CT molecular complexity index is 749. The number of rotatable bonds is 3. The van der Waals surface area contributed by atoms with E-state index in [4.69, 9.17) is 4.74 Å². The SMILES string of the molecule is O=C(Cc1ccc(F)cc1)N1CCCN(C(=O)Oc2ccccc2)CC1. The summed E-state index contributed by atoms with van der Waals surface area (Å²) >= 11 is 0. The first-order valence-corrected chi connectivity index (χ1v) is 8.66. The molecule has 26 heavy (non-hydrogen) atoms. The van der Waals surface area contributed by atoms with Gasteiger partial charge in [-0.05, 0) is 36.2 Å². The van der Waals surface area contributed by atoms with Crippen LogP contribution in [0.4, 0.5) is 9.18 Å². The van der Waals surface area contributed by atoms with Crippen LogP contribution in [-0.2, 0) is 11.2 Å². The zero-order chi connectivity index (χ0) is 18.4.